The molecule has 1 saturated carbocycles. The molecule has 0 spiro atoms. The summed E-state index contributed by atoms with van der Waals surface area (Å²) in [6.45, 7) is 1.86. The van der Waals surface area contributed by atoms with E-state index < -0.39 is 0 Å². The van der Waals surface area contributed by atoms with Gasteiger partial charge in [0.25, 0.3) is 0 Å². The van der Waals surface area contributed by atoms with E-state index in [0.29, 0.717) is 28.4 Å². The fourth-order valence-electron chi connectivity index (χ4n) is 4.54. The Morgan fingerprint density at radius 1 is 1.16 bits per heavy atom. The molecule has 1 heterocycles. The molecular weight excluding hydrogens is 355 g/mol. The number of benzene rings is 1. The van der Waals surface area contributed by atoms with Gasteiger partial charge in [0.2, 0.25) is 5.91 Å². The average molecular weight is 383 g/mol. The van der Waals surface area contributed by atoms with E-state index in [1.54, 1.807) is 6.07 Å². The lowest BCUT2D eigenvalue weighted by molar-refractivity contribution is -0.137. The normalized spacial score (nSPS) is 26.6. The van der Waals surface area contributed by atoms with Crippen LogP contribution in [0.4, 0.5) is 0 Å². The van der Waals surface area contributed by atoms with Crippen molar-refractivity contribution < 1.29 is 4.79 Å². The van der Waals surface area contributed by atoms with Crippen molar-refractivity contribution in [3.05, 3.63) is 33.8 Å². The SMILES string of the molecule is CN(C)CC1CC2CCCCC2CN1C(=O)Cc1ccc(Cl)c(Cl)c1. The number of carbonyl (C=O) groups excluding carboxylic acids is 1. The largest absolute Gasteiger partial charge is 0.338 e. The van der Waals surface area contributed by atoms with Crippen molar-refractivity contribution in [3.63, 3.8) is 0 Å². The molecule has 1 amide bonds. The van der Waals surface area contributed by atoms with E-state index in [1.807, 2.05) is 12.1 Å². The number of likely N-dealkylation sites (N-methyl/N-ethyl adjacent to an activating group) is 1. The third-order valence-corrected chi connectivity index (χ3v) is 6.49. The summed E-state index contributed by atoms with van der Waals surface area (Å²) in [5.41, 5.74) is 0.939. The van der Waals surface area contributed by atoms with Crippen molar-refractivity contribution in [2.24, 2.45) is 11.8 Å². The van der Waals surface area contributed by atoms with Crippen molar-refractivity contribution in [2.45, 2.75) is 44.6 Å². The number of nitrogens with zero attached hydrogens (tertiary/aromatic N) is 2. The van der Waals surface area contributed by atoms with Crippen LogP contribution in [0, 0.1) is 11.8 Å². The average Bonchev–Trinajstić information content (AvgIpc) is 2.57. The van der Waals surface area contributed by atoms with E-state index >= 15 is 0 Å². The van der Waals surface area contributed by atoms with Crippen LogP contribution >= 0.6 is 23.2 Å². The molecule has 1 aromatic carbocycles. The molecule has 2 aliphatic rings. The second-order valence-electron chi connectivity index (χ2n) is 7.93. The lowest BCUT2D eigenvalue weighted by Gasteiger charge is -2.47. The Morgan fingerprint density at radius 3 is 2.56 bits per heavy atom. The number of carbonyl (C=O) groups is 1. The van der Waals surface area contributed by atoms with Crippen LogP contribution in [-0.4, -0.2) is 48.9 Å². The summed E-state index contributed by atoms with van der Waals surface area (Å²) < 4.78 is 0. The first kappa shape index (κ1) is 19.0. The van der Waals surface area contributed by atoms with Crippen LogP contribution in [0.3, 0.4) is 0 Å². The smallest absolute Gasteiger partial charge is 0.227 e. The zero-order chi connectivity index (χ0) is 18.0. The molecule has 25 heavy (non-hydrogen) atoms. The van der Waals surface area contributed by atoms with Crippen LogP contribution in [0.1, 0.15) is 37.7 Å². The molecule has 2 fully saturated rings. The van der Waals surface area contributed by atoms with Gasteiger partial charge in [0.15, 0.2) is 0 Å². The number of piperidine rings is 1. The van der Waals surface area contributed by atoms with Crippen LogP contribution in [0.25, 0.3) is 0 Å². The van der Waals surface area contributed by atoms with Gasteiger partial charge in [-0.2, -0.15) is 0 Å². The standard InChI is InChI=1S/C20H28Cl2N2O/c1-23(2)13-17-11-15-5-3-4-6-16(15)12-24(17)20(25)10-14-7-8-18(21)19(22)9-14/h7-9,15-17H,3-6,10-13H2,1-2H3. The number of hydrogen-bond acceptors (Lipinski definition) is 2. The maximum Gasteiger partial charge on any atom is 0.227 e. The van der Waals surface area contributed by atoms with E-state index in [-0.39, 0.29) is 5.91 Å². The number of likely N-dealkylation sites (tertiary alicyclic amines) is 1. The summed E-state index contributed by atoms with van der Waals surface area (Å²) in [7, 11) is 4.18. The Labute approximate surface area is 161 Å². The molecule has 0 aromatic heterocycles. The van der Waals surface area contributed by atoms with Crippen molar-refractivity contribution in [1.29, 1.82) is 0 Å². The monoisotopic (exact) mass is 382 g/mol. The van der Waals surface area contributed by atoms with Crippen molar-refractivity contribution >= 4 is 29.1 Å². The van der Waals surface area contributed by atoms with Crippen LogP contribution in [-0.2, 0) is 11.2 Å². The Hall–Kier alpha value is -0.770. The topological polar surface area (TPSA) is 23.6 Å². The second kappa shape index (κ2) is 8.28. The molecule has 1 aromatic rings. The van der Waals surface area contributed by atoms with E-state index in [4.69, 9.17) is 23.2 Å². The van der Waals surface area contributed by atoms with E-state index in [9.17, 15) is 4.79 Å². The molecule has 3 nitrogen and oxygen atoms in total. The molecule has 3 unspecified atom stereocenters. The quantitative estimate of drug-likeness (QED) is 0.764. The van der Waals surface area contributed by atoms with Crippen LogP contribution in [0.2, 0.25) is 10.0 Å². The van der Waals surface area contributed by atoms with Crippen LogP contribution in [0.5, 0.6) is 0 Å². The number of fused-ring (bicyclic) bond motifs is 1. The molecule has 3 atom stereocenters. The maximum absolute atomic E-state index is 13.1. The van der Waals surface area contributed by atoms with Gasteiger partial charge in [-0.05, 0) is 56.5 Å². The zero-order valence-corrected chi connectivity index (χ0v) is 16.7. The predicted octanol–water partition coefficient (Wildman–Crippen LogP) is 4.50. The number of rotatable bonds is 4. The van der Waals surface area contributed by atoms with Crippen molar-refractivity contribution in [1.82, 2.24) is 9.80 Å². The number of amides is 1. The molecule has 1 saturated heterocycles. The highest BCUT2D eigenvalue weighted by atomic mass is 35.5. The van der Waals surface area contributed by atoms with E-state index in [2.05, 4.69) is 23.9 Å². The first-order valence-electron chi connectivity index (χ1n) is 9.32. The highest BCUT2D eigenvalue weighted by Crippen LogP contribution is 2.39. The van der Waals surface area contributed by atoms with Gasteiger partial charge < -0.3 is 9.80 Å². The van der Waals surface area contributed by atoms with Gasteiger partial charge in [0.1, 0.15) is 0 Å². The molecule has 0 N–H and O–H groups in total. The van der Waals surface area contributed by atoms with E-state index in [1.165, 1.54) is 25.7 Å². The summed E-state index contributed by atoms with van der Waals surface area (Å²) in [4.78, 5) is 17.4. The molecular formula is C20H28Cl2N2O. The summed E-state index contributed by atoms with van der Waals surface area (Å²) in [5.74, 6) is 1.70. The lowest BCUT2D eigenvalue weighted by atomic mass is 9.72. The fraction of sp³-hybridized carbons (Fsp3) is 0.650. The third kappa shape index (κ3) is 4.69. The van der Waals surface area contributed by atoms with Crippen molar-refractivity contribution in [2.75, 3.05) is 27.2 Å². The van der Waals surface area contributed by atoms with Gasteiger partial charge in [-0.25, -0.2) is 0 Å². The number of hydrogen-bond donors (Lipinski definition) is 0. The molecule has 1 aliphatic heterocycles. The maximum atomic E-state index is 13.1. The first-order valence-corrected chi connectivity index (χ1v) is 10.1. The number of halogens is 2. The first-order chi connectivity index (χ1) is 11.9. The van der Waals surface area contributed by atoms with Gasteiger partial charge in [-0.3, -0.25) is 4.79 Å². The highest BCUT2D eigenvalue weighted by molar-refractivity contribution is 6.42. The molecule has 5 heteroatoms. The molecule has 1 aliphatic carbocycles. The van der Waals surface area contributed by atoms with Gasteiger partial charge in [0, 0.05) is 19.1 Å². The summed E-state index contributed by atoms with van der Waals surface area (Å²) in [5, 5.41) is 1.05. The molecule has 0 radical (unpaired) electrons. The predicted molar refractivity (Wildman–Crippen MR) is 104 cm³/mol. The summed E-state index contributed by atoms with van der Waals surface area (Å²) in [6.07, 6.45) is 6.83. The summed E-state index contributed by atoms with van der Waals surface area (Å²) in [6, 6.07) is 5.82. The molecule has 3 rings (SSSR count). The van der Waals surface area contributed by atoms with Crippen molar-refractivity contribution in [3.8, 4) is 0 Å². The summed E-state index contributed by atoms with van der Waals surface area (Å²) >= 11 is 12.1. The van der Waals surface area contributed by atoms with Gasteiger partial charge in [-0.15, -0.1) is 0 Å². The van der Waals surface area contributed by atoms with Crippen LogP contribution in [0.15, 0.2) is 18.2 Å². The second-order valence-corrected chi connectivity index (χ2v) is 8.74. The minimum absolute atomic E-state index is 0.217. The Morgan fingerprint density at radius 2 is 1.88 bits per heavy atom. The highest BCUT2D eigenvalue weighted by Gasteiger charge is 2.38. The Balaban J connectivity index is 1.73. The molecule has 0 bridgehead atoms. The minimum Gasteiger partial charge on any atom is -0.338 e. The lowest BCUT2D eigenvalue weighted by Crippen LogP contribution is -2.54. The minimum atomic E-state index is 0.217. The van der Waals surface area contributed by atoms with Gasteiger partial charge >= 0.3 is 0 Å². The van der Waals surface area contributed by atoms with E-state index in [0.717, 1.165) is 31.0 Å². The molecule has 138 valence electrons. The van der Waals surface area contributed by atoms with Crippen LogP contribution < -0.4 is 0 Å². The zero-order valence-electron chi connectivity index (χ0n) is 15.2. The Bertz CT molecular complexity index is 620. The Kier molecular flexibility index (Phi) is 6.30. The third-order valence-electron chi connectivity index (χ3n) is 5.75. The van der Waals surface area contributed by atoms with Gasteiger partial charge in [-0.1, -0.05) is 48.5 Å². The fourth-order valence-corrected chi connectivity index (χ4v) is 4.86. The van der Waals surface area contributed by atoms with Gasteiger partial charge in [0.05, 0.1) is 16.5 Å².